The van der Waals surface area contributed by atoms with Crippen molar-refractivity contribution in [2.45, 2.75) is 88.9 Å². The Hall–Kier alpha value is -1.26. The largest absolute Gasteiger partial charge is 0.493 e. The molecular formula is C27H36O4. The van der Waals surface area contributed by atoms with Gasteiger partial charge >= 0.3 is 0 Å². The summed E-state index contributed by atoms with van der Waals surface area (Å²) in [4.78, 5) is 0. The Morgan fingerprint density at radius 2 is 1.87 bits per heavy atom. The van der Waals surface area contributed by atoms with Crippen molar-refractivity contribution in [2.75, 3.05) is 14.2 Å². The minimum absolute atomic E-state index is 0.0199. The third-order valence-electron chi connectivity index (χ3n) is 11.6. The van der Waals surface area contributed by atoms with Crippen molar-refractivity contribution >= 4 is 0 Å². The van der Waals surface area contributed by atoms with Gasteiger partial charge in [-0.05, 0) is 79.2 Å². The van der Waals surface area contributed by atoms with Crippen molar-refractivity contribution in [3.8, 4) is 11.5 Å². The highest BCUT2D eigenvalue weighted by molar-refractivity contribution is 5.65. The fourth-order valence-electron chi connectivity index (χ4n) is 9.90. The molecule has 3 spiro atoms. The smallest absolute Gasteiger partial charge is 0.165 e. The van der Waals surface area contributed by atoms with Crippen LogP contribution >= 0.6 is 0 Å². The van der Waals surface area contributed by atoms with Gasteiger partial charge in [-0.15, -0.1) is 0 Å². The second-order valence-corrected chi connectivity index (χ2v) is 13.0. The van der Waals surface area contributed by atoms with Crippen LogP contribution in [0.5, 0.6) is 11.5 Å². The predicted molar refractivity (Wildman–Crippen MR) is 118 cm³/mol. The van der Waals surface area contributed by atoms with Gasteiger partial charge in [-0.2, -0.15) is 0 Å². The van der Waals surface area contributed by atoms with Gasteiger partial charge in [0, 0.05) is 24.0 Å². The lowest BCUT2D eigenvalue weighted by Crippen LogP contribution is -2.77. The van der Waals surface area contributed by atoms with E-state index in [1.54, 1.807) is 7.11 Å². The van der Waals surface area contributed by atoms with Crippen molar-refractivity contribution in [1.82, 2.24) is 0 Å². The van der Waals surface area contributed by atoms with Gasteiger partial charge in [0.1, 0.15) is 11.7 Å². The first-order chi connectivity index (χ1) is 14.5. The summed E-state index contributed by atoms with van der Waals surface area (Å²) in [5, 5.41) is 12.1. The van der Waals surface area contributed by atoms with E-state index in [1.165, 1.54) is 36.8 Å². The monoisotopic (exact) mass is 424 g/mol. The van der Waals surface area contributed by atoms with E-state index in [1.807, 2.05) is 7.11 Å². The lowest BCUT2D eigenvalue weighted by atomic mass is 9.37. The molecule has 1 aromatic rings. The minimum atomic E-state index is -0.845. The highest BCUT2D eigenvalue weighted by Crippen LogP contribution is 2.90. The highest BCUT2D eigenvalue weighted by Gasteiger charge is 2.90. The Morgan fingerprint density at radius 1 is 1.10 bits per heavy atom. The lowest BCUT2D eigenvalue weighted by molar-refractivity contribution is -0.290. The van der Waals surface area contributed by atoms with E-state index in [0.29, 0.717) is 5.41 Å². The molecule has 5 saturated carbocycles. The molecule has 0 aromatic heterocycles. The van der Waals surface area contributed by atoms with Crippen LogP contribution in [0.15, 0.2) is 12.1 Å². The summed E-state index contributed by atoms with van der Waals surface area (Å²) in [6.07, 6.45) is 6.95. The summed E-state index contributed by atoms with van der Waals surface area (Å²) in [7, 11) is 3.61. The summed E-state index contributed by atoms with van der Waals surface area (Å²) in [6.45, 7) is 8.57. The van der Waals surface area contributed by atoms with Crippen molar-refractivity contribution in [1.29, 1.82) is 0 Å². The van der Waals surface area contributed by atoms with Gasteiger partial charge in [0.05, 0.1) is 12.7 Å². The van der Waals surface area contributed by atoms with Gasteiger partial charge in [-0.3, -0.25) is 0 Å². The average molecular weight is 425 g/mol. The number of benzene rings is 1. The third-order valence-corrected chi connectivity index (χ3v) is 11.6. The summed E-state index contributed by atoms with van der Waals surface area (Å²) in [6, 6.07) is 4.42. The molecule has 8 atom stereocenters. The zero-order valence-corrected chi connectivity index (χ0v) is 19.8. The van der Waals surface area contributed by atoms with Gasteiger partial charge in [0.15, 0.2) is 11.5 Å². The Morgan fingerprint density at radius 3 is 2.55 bits per heavy atom. The SMILES string of the molecule is COc1ccc2c3c1OC1C4(OC)CCC5(CC4C(C)(O)C(C)(C)C)C4C[C@]4(C2)CC315. The molecule has 0 amide bonds. The van der Waals surface area contributed by atoms with Gasteiger partial charge in [0.25, 0.3) is 0 Å². The normalized spacial score (nSPS) is 49.2. The summed E-state index contributed by atoms with van der Waals surface area (Å²) in [5.74, 6) is 2.64. The lowest BCUT2D eigenvalue weighted by Gasteiger charge is -2.69. The third kappa shape index (κ3) is 1.68. The number of methoxy groups -OCH3 is 2. The molecule has 1 aromatic carbocycles. The summed E-state index contributed by atoms with van der Waals surface area (Å²) >= 11 is 0. The molecule has 4 nitrogen and oxygen atoms in total. The number of fused-ring (bicyclic) bond motifs is 2. The number of hydrogen-bond acceptors (Lipinski definition) is 4. The van der Waals surface area contributed by atoms with Gasteiger partial charge in [0.2, 0.25) is 0 Å². The van der Waals surface area contributed by atoms with Crippen LogP contribution in [0.1, 0.15) is 70.9 Å². The molecule has 1 aliphatic heterocycles. The molecule has 5 fully saturated rings. The van der Waals surface area contributed by atoms with Crippen LogP contribution in [0.25, 0.3) is 0 Å². The van der Waals surface area contributed by atoms with E-state index in [9.17, 15) is 5.11 Å². The second kappa shape index (κ2) is 4.97. The van der Waals surface area contributed by atoms with Crippen LogP contribution in [0.3, 0.4) is 0 Å². The van der Waals surface area contributed by atoms with Crippen LogP contribution < -0.4 is 9.47 Å². The Kier molecular flexibility index (Phi) is 3.08. The van der Waals surface area contributed by atoms with Gasteiger partial charge < -0.3 is 19.3 Å². The van der Waals surface area contributed by atoms with E-state index in [0.717, 1.165) is 30.3 Å². The molecule has 0 saturated heterocycles. The number of hydrogen-bond donors (Lipinski definition) is 1. The summed E-state index contributed by atoms with van der Waals surface area (Å²) in [5.41, 5.74) is 2.04. The molecule has 4 bridgehead atoms. The summed E-state index contributed by atoms with van der Waals surface area (Å²) < 4.78 is 19.4. The van der Waals surface area contributed by atoms with Gasteiger partial charge in [-0.25, -0.2) is 0 Å². The molecule has 1 N–H and O–H groups in total. The van der Waals surface area contributed by atoms with Crippen LogP contribution in [0.4, 0.5) is 0 Å². The molecule has 31 heavy (non-hydrogen) atoms. The highest BCUT2D eigenvalue weighted by atomic mass is 16.6. The van der Waals surface area contributed by atoms with Crippen molar-refractivity contribution < 1.29 is 19.3 Å². The standard InChI is InChI=1S/C27H36O4/c1-22(2,3)23(4,28)17-13-25-9-10-27(17,30-6)21-26(25)14-24(12-18(24)25)11-15-7-8-16(29-5)20(31-21)19(15)26/h7-8,17-18,21,28H,9-14H2,1-6H3/t17?,18?,21?,23?,24-,25?,26?,27?/m1/s1. The topological polar surface area (TPSA) is 47.9 Å². The van der Waals surface area contributed by atoms with E-state index < -0.39 is 11.2 Å². The molecule has 4 heteroatoms. The molecular weight excluding hydrogens is 388 g/mol. The van der Waals surface area contributed by atoms with Gasteiger partial charge in [-0.1, -0.05) is 26.8 Å². The number of rotatable bonds is 3. The first kappa shape index (κ1) is 19.2. The van der Waals surface area contributed by atoms with Crippen molar-refractivity contribution in [3.63, 3.8) is 0 Å². The molecule has 7 unspecified atom stereocenters. The Balaban J connectivity index is 1.52. The van der Waals surface area contributed by atoms with E-state index in [2.05, 4.69) is 39.8 Å². The molecule has 1 heterocycles. The predicted octanol–water partition coefficient (Wildman–Crippen LogP) is 4.64. The van der Waals surface area contributed by atoms with Crippen molar-refractivity contribution in [3.05, 3.63) is 23.3 Å². The van der Waals surface area contributed by atoms with E-state index in [-0.39, 0.29) is 28.3 Å². The van der Waals surface area contributed by atoms with Crippen molar-refractivity contribution in [2.24, 2.45) is 28.1 Å². The van der Waals surface area contributed by atoms with E-state index in [4.69, 9.17) is 14.2 Å². The maximum atomic E-state index is 12.1. The van der Waals surface area contributed by atoms with Crippen LogP contribution in [-0.4, -0.2) is 36.6 Å². The molecule has 6 aliphatic carbocycles. The second-order valence-electron chi connectivity index (χ2n) is 13.0. The first-order valence-corrected chi connectivity index (χ1v) is 12.2. The zero-order valence-electron chi connectivity index (χ0n) is 19.8. The molecule has 168 valence electrons. The maximum absolute atomic E-state index is 12.1. The maximum Gasteiger partial charge on any atom is 0.165 e. The van der Waals surface area contributed by atoms with Crippen LogP contribution in [0.2, 0.25) is 0 Å². The fourth-order valence-corrected chi connectivity index (χ4v) is 9.90. The molecule has 0 radical (unpaired) electrons. The number of ether oxygens (including phenoxy) is 3. The first-order valence-electron chi connectivity index (χ1n) is 12.2. The van der Waals surface area contributed by atoms with Crippen LogP contribution in [0, 0.1) is 28.1 Å². The molecule has 7 aliphatic rings. The quantitative estimate of drug-likeness (QED) is 0.768. The minimum Gasteiger partial charge on any atom is -0.493 e. The Bertz CT molecular complexity index is 1020. The average Bonchev–Trinajstić information content (AvgIpc) is 3.20. The molecule has 8 rings (SSSR count). The van der Waals surface area contributed by atoms with E-state index >= 15 is 0 Å². The fraction of sp³-hybridized carbons (Fsp3) is 0.778. The Labute approximate surface area is 185 Å². The number of aliphatic hydroxyl groups is 1. The zero-order chi connectivity index (χ0) is 21.8. The van der Waals surface area contributed by atoms with Crippen LogP contribution in [-0.2, 0) is 16.6 Å².